The number of rotatable bonds is 16. The van der Waals surface area contributed by atoms with Gasteiger partial charge in [0.2, 0.25) is 5.78 Å². The third-order valence-electron chi connectivity index (χ3n) is 4.00. The number of hydrogen-bond acceptors (Lipinski definition) is 2. The van der Waals surface area contributed by atoms with Crippen molar-refractivity contribution in [2.24, 2.45) is 5.73 Å². The van der Waals surface area contributed by atoms with Crippen LogP contribution in [0.25, 0.3) is 0 Å². The van der Waals surface area contributed by atoms with Crippen LogP contribution < -0.4 is 5.73 Å². The first kappa shape index (κ1) is 22.2. The molecule has 0 spiro atoms. The zero-order valence-electron chi connectivity index (χ0n) is 14.7. The van der Waals surface area contributed by atoms with E-state index in [2.05, 4.69) is 19.1 Å². The van der Waals surface area contributed by atoms with Crippen LogP contribution >= 0.6 is 11.6 Å². The molecule has 3 nitrogen and oxygen atoms in total. The van der Waals surface area contributed by atoms with Crippen LogP contribution in [0.3, 0.4) is 0 Å². The third kappa shape index (κ3) is 14.5. The van der Waals surface area contributed by atoms with E-state index in [0.717, 1.165) is 25.7 Å². The van der Waals surface area contributed by atoms with Crippen molar-refractivity contribution in [1.82, 2.24) is 0 Å². The molecule has 1 amide bonds. The highest BCUT2D eigenvalue weighted by atomic mass is 35.5. The molecule has 0 heterocycles. The summed E-state index contributed by atoms with van der Waals surface area (Å²) < 4.78 is 0. The Morgan fingerprint density at radius 3 is 1.87 bits per heavy atom. The zero-order chi connectivity index (χ0) is 17.3. The molecule has 4 heteroatoms. The molecule has 134 valence electrons. The average Bonchev–Trinajstić information content (AvgIpc) is 2.54. The Labute approximate surface area is 147 Å². The Morgan fingerprint density at radius 1 is 0.870 bits per heavy atom. The number of carbonyl (C=O) groups is 2. The van der Waals surface area contributed by atoms with E-state index in [-0.39, 0.29) is 0 Å². The number of carbonyl (C=O) groups excluding carboxylic acids is 2. The largest absolute Gasteiger partial charge is 0.363 e. The van der Waals surface area contributed by atoms with Crippen LogP contribution in [0.4, 0.5) is 0 Å². The summed E-state index contributed by atoms with van der Waals surface area (Å²) in [5.74, 6) is -1.59. The second-order valence-corrected chi connectivity index (χ2v) is 6.74. The molecule has 0 fully saturated rings. The summed E-state index contributed by atoms with van der Waals surface area (Å²) in [7, 11) is 0. The minimum absolute atomic E-state index is 0.539. The van der Waals surface area contributed by atoms with Gasteiger partial charge in [0, 0.05) is 0 Å². The molecule has 0 aliphatic carbocycles. The Hall–Kier alpha value is -0.830. The number of unbranched alkanes of at least 4 members (excludes halogenated alkanes) is 10. The maximum absolute atomic E-state index is 11.2. The molecule has 0 saturated heterocycles. The lowest BCUT2D eigenvalue weighted by molar-refractivity contribution is -0.135. The summed E-state index contributed by atoms with van der Waals surface area (Å²) in [6.07, 6.45) is 19.8. The van der Waals surface area contributed by atoms with Gasteiger partial charge in [0.25, 0.3) is 5.91 Å². The average molecular weight is 344 g/mol. The van der Waals surface area contributed by atoms with Crippen molar-refractivity contribution < 1.29 is 9.59 Å². The van der Waals surface area contributed by atoms with Gasteiger partial charge in [-0.15, -0.1) is 11.6 Å². The van der Waals surface area contributed by atoms with Crippen LogP contribution in [0.15, 0.2) is 12.2 Å². The Bertz CT molecular complexity index is 342. The standard InChI is InChI=1S/C19H34ClNO2/c1-2-3-4-5-6-7-8-9-10-11-12-13-14-15-16-17(20)18(22)19(21)23/h9-10,17H,2-8,11-16H2,1H3,(H2,21,23)/b10-9-. The molecule has 0 aliphatic heterocycles. The molecule has 0 aromatic heterocycles. The maximum Gasteiger partial charge on any atom is 0.286 e. The fraction of sp³-hybridized carbons (Fsp3) is 0.789. The summed E-state index contributed by atoms with van der Waals surface area (Å²) >= 11 is 5.82. The number of ketones is 1. The third-order valence-corrected chi connectivity index (χ3v) is 4.41. The molecular weight excluding hydrogens is 310 g/mol. The number of primary amides is 1. The summed E-state index contributed by atoms with van der Waals surface area (Å²) in [5, 5.41) is -0.746. The van der Waals surface area contributed by atoms with E-state index < -0.39 is 17.1 Å². The lowest BCUT2D eigenvalue weighted by Crippen LogP contribution is -2.30. The zero-order valence-corrected chi connectivity index (χ0v) is 15.5. The Kier molecular flexibility index (Phi) is 15.5. The fourth-order valence-corrected chi connectivity index (χ4v) is 2.76. The molecule has 0 aromatic carbocycles. The maximum atomic E-state index is 11.2. The number of allylic oxidation sites excluding steroid dienone is 2. The van der Waals surface area contributed by atoms with E-state index in [4.69, 9.17) is 17.3 Å². The van der Waals surface area contributed by atoms with Gasteiger partial charge in [-0.1, -0.05) is 70.4 Å². The van der Waals surface area contributed by atoms with Crippen molar-refractivity contribution in [3.8, 4) is 0 Å². The molecule has 0 aromatic rings. The first-order valence-electron chi connectivity index (χ1n) is 9.22. The predicted octanol–water partition coefficient (Wildman–Crippen LogP) is 5.30. The van der Waals surface area contributed by atoms with E-state index in [0.29, 0.717) is 6.42 Å². The summed E-state index contributed by atoms with van der Waals surface area (Å²) in [6, 6.07) is 0. The Balaban J connectivity index is 3.31. The second kappa shape index (κ2) is 16.0. The number of nitrogens with two attached hydrogens (primary N) is 1. The smallest absolute Gasteiger partial charge is 0.286 e. The van der Waals surface area contributed by atoms with Gasteiger partial charge >= 0.3 is 0 Å². The Morgan fingerprint density at radius 2 is 1.35 bits per heavy atom. The molecule has 0 radical (unpaired) electrons. The molecule has 1 unspecified atom stereocenters. The molecule has 0 rings (SSSR count). The molecule has 0 aliphatic rings. The first-order chi connectivity index (χ1) is 11.1. The molecular formula is C19H34ClNO2. The number of amides is 1. The van der Waals surface area contributed by atoms with Crippen LogP contribution in [0.2, 0.25) is 0 Å². The quantitative estimate of drug-likeness (QED) is 0.179. The number of hydrogen-bond donors (Lipinski definition) is 1. The van der Waals surface area contributed by atoms with Gasteiger partial charge < -0.3 is 5.73 Å². The van der Waals surface area contributed by atoms with Crippen molar-refractivity contribution in [1.29, 1.82) is 0 Å². The fourth-order valence-electron chi connectivity index (χ4n) is 2.50. The van der Waals surface area contributed by atoms with Gasteiger partial charge in [-0.05, 0) is 32.1 Å². The van der Waals surface area contributed by atoms with Crippen LogP contribution in [-0.4, -0.2) is 17.1 Å². The molecule has 0 bridgehead atoms. The topological polar surface area (TPSA) is 60.2 Å². The minimum atomic E-state index is -0.930. The van der Waals surface area contributed by atoms with Crippen LogP contribution in [0.5, 0.6) is 0 Å². The highest BCUT2D eigenvalue weighted by molar-refractivity contribution is 6.48. The van der Waals surface area contributed by atoms with Gasteiger partial charge in [-0.25, -0.2) is 0 Å². The number of alkyl halides is 1. The van der Waals surface area contributed by atoms with E-state index in [1.807, 2.05) is 0 Å². The van der Waals surface area contributed by atoms with Crippen molar-refractivity contribution in [3.63, 3.8) is 0 Å². The first-order valence-corrected chi connectivity index (χ1v) is 9.66. The monoisotopic (exact) mass is 343 g/mol. The van der Waals surface area contributed by atoms with Crippen LogP contribution in [0, 0.1) is 0 Å². The second-order valence-electron chi connectivity index (χ2n) is 6.22. The SMILES string of the molecule is CCCCCCCC/C=C\CCCCCCC(Cl)C(=O)C(N)=O. The molecule has 23 heavy (non-hydrogen) atoms. The summed E-state index contributed by atoms with van der Waals surface area (Å²) in [5.41, 5.74) is 4.91. The number of Topliss-reactive ketones (excluding diaryl/α,β-unsaturated/α-hetero) is 1. The van der Waals surface area contributed by atoms with Crippen molar-refractivity contribution in [3.05, 3.63) is 12.2 Å². The van der Waals surface area contributed by atoms with Gasteiger partial charge in [0.15, 0.2) is 0 Å². The number of halogens is 1. The van der Waals surface area contributed by atoms with Crippen LogP contribution in [0.1, 0.15) is 90.4 Å². The normalized spacial score (nSPS) is 12.6. The minimum Gasteiger partial charge on any atom is -0.363 e. The lowest BCUT2D eigenvalue weighted by atomic mass is 10.1. The highest BCUT2D eigenvalue weighted by Gasteiger charge is 2.19. The van der Waals surface area contributed by atoms with Gasteiger partial charge in [-0.3, -0.25) is 9.59 Å². The van der Waals surface area contributed by atoms with Gasteiger partial charge in [0.1, 0.15) is 5.38 Å². The highest BCUT2D eigenvalue weighted by Crippen LogP contribution is 2.12. The lowest BCUT2D eigenvalue weighted by Gasteiger charge is -2.05. The van der Waals surface area contributed by atoms with E-state index >= 15 is 0 Å². The van der Waals surface area contributed by atoms with Gasteiger partial charge in [-0.2, -0.15) is 0 Å². The van der Waals surface area contributed by atoms with Crippen molar-refractivity contribution in [2.45, 2.75) is 95.8 Å². The summed E-state index contributed by atoms with van der Waals surface area (Å²) in [4.78, 5) is 21.9. The van der Waals surface area contributed by atoms with Crippen LogP contribution in [-0.2, 0) is 9.59 Å². The van der Waals surface area contributed by atoms with E-state index in [9.17, 15) is 9.59 Å². The predicted molar refractivity (Wildman–Crippen MR) is 98.7 cm³/mol. The van der Waals surface area contributed by atoms with Gasteiger partial charge in [0.05, 0.1) is 0 Å². The van der Waals surface area contributed by atoms with E-state index in [1.165, 1.54) is 51.4 Å². The molecule has 2 N–H and O–H groups in total. The van der Waals surface area contributed by atoms with Crippen molar-refractivity contribution in [2.75, 3.05) is 0 Å². The molecule has 0 saturated carbocycles. The van der Waals surface area contributed by atoms with Crippen molar-refractivity contribution >= 4 is 23.3 Å². The van der Waals surface area contributed by atoms with E-state index in [1.54, 1.807) is 0 Å². The molecule has 1 atom stereocenters. The summed E-state index contributed by atoms with van der Waals surface area (Å²) in [6.45, 7) is 2.25.